The Morgan fingerprint density at radius 1 is 1.46 bits per heavy atom. The number of thiazole rings is 1. The number of aromatic nitrogens is 4. The number of esters is 1. The van der Waals surface area contributed by atoms with Crippen molar-refractivity contribution in [2.75, 3.05) is 0 Å². The Morgan fingerprint density at radius 3 is 2.92 bits per heavy atom. The van der Waals surface area contributed by atoms with Crippen LogP contribution in [-0.2, 0) is 11.3 Å². The van der Waals surface area contributed by atoms with E-state index < -0.39 is 5.60 Å². The molecule has 10 heteroatoms. The van der Waals surface area contributed by atoms with Gasteiger partial charge < -0.3 is 4.74 Å². The normalized spacial score (nSPS) is 11.7. The molecule has 3 aromatic heterocycles. The van der Waals surface area contributed by atoms with E-state index in [0.29, 0.717) is 17.1 Å². The van der Waals surface area contributed by atoms with E-state index >= 15 is 0 Å². The topological polar surface area (TPSA) is 109 Å². The number of ether oxygens (including phenoxy) is 1. The van der Waals surface area contributed by atoms with E-state index in [4.69, 9.17) is 10.00 Å². The highest BCUT2D eigenvalue weighted by atomic mass is 32.2. The lowest BCUT2D eigenvalue weighted by atomic mass is 10.2. The number of pyridine rings is 1. The van der Waals surface area contributed by atoms with Crippen LogP contribution in [0.4, 0.5) is 0 Å². The molecule has 0 aliphatic heterocycles. The number of nitriles is 1. The number of carbonyl (C=O) groups excluding carboxylic acids is 1. The lowest BCUT2D eigenvalue weighted by Crippen LogP contribution is -2.23. The van der Waals surface area contributed by atoms with Crippen LogP contribution in [0.1, 0.15) is 46.7 Å². The highest BCUT2D eigenvalue weighted by Gasteiger charge is 2.20. The summed E-state index contributed by atoms with van der Waals surface area (Å²) < 4.78 is 10.3. The molecule has 2 N–H and O–H groups in total. The van der Waals surface area contributed by atoms with Crippen molar-refractivity contribution in [3.63, 3.8) is 0 Å². The van der Waals surface area contributed by atoms with E-state index in [9.17, 15) is 4.79 Å². The summed E-state index contributed by atoms with van der Waals surface area (Å²) in [7, 11) is 0. The van der Waals surface area contributed by atoms with Gasteiger partial charge in [-0.3, -0.25) is 5.10 Å². The number of carbonyl (C=O) groups is 1. The molecule has 0 aliphatic rings. The average molecular weight is 390 g/mol. The summed E-state index contributed by atoms with van der Waals surface area (Å²) in [6.07, 6.45) is 3.20. The van der Waals surface area contributed by atoms with Gasteiger partial charge in [0, 0.05) is 5.56 Å². The maximum absolute atomic E-state index is 12.0. The van der Waals surface area contributed by atoms with Crippen LogP contribution in [0.25, 0.3) is 11.0 Å². The number of hydrogen-bond donors (Lipinski definition) is 2. The van der Waals surface area contributed by atoms with Crippen LogP contribution in [0.5, 0.6) is 0 Å². The van der Waals surface area contributed by atoms with Gasteiger partial charge >= 0.3 is 5.97 Å². The largest absolute Gasteiger partial charge is 0.456 e. The molecule has 0 unspecified atom stereocenters. The third kappa shape index (κ3) is 3.90. The summed E-state index contributed by atoms with van der Waals surface area (Å²) in [4.78, 5) is 20.9. The molecule has 0 radical (unpaired) electrons. The molecule has 0 aromatic carbocycles. The van der Waals surface area contributed by atoms with E-state index in [1.807, 2.05) is 31.8 Å². The smallest absolute Gasteiger partial charge is 0.350 e. The second-order valence-electron chi connectivity index (χ2n) is 6.54. The number of aromatic amines is 1. The quantitative estimate of drug-likeness (QED) is 0.509. The Bertz CT molecular complexity index is 989. The zero-order valence-corrected chi connectivity index (χ0v) is 16.4. The molecule has 0 bridgehead atoms. The molecule has 0 saturated carbocycles. The first-order chi connectivity index (χ1) is 12.3. The van der Waals surface area contributed by atoms with Crippen molar-refractivity contribution in [1.29, 1.82) is 5.26 Å². The van der Waals surface area contributed by atoms with Gasteiger partial charge in [0.25, 0.3) is 0 Å². The molecule has 8 nitrogen and oxygen atoms in total. The summed E-state index contributed by atoms with van der Waals surface area (Å²) in [5.41, 5.74) is 2.55. The third-order valence-electron chi connectivity index (χ3n) is 3.37. The number of nitrogens with zero attached hydrogens (tertiary/aromatic N) is 4. The minimum absolute atomic E-state index is 0.359. The van der Waals surface area contributed by atoms with Gasteiger partial charge in [-0.15, -0.1) is 11.3 Å². The first kappa shape index (κ1) is 18.4. The molecule has 0 amide bonds. The van der Waals surface area contributed by atoms with Crippen LogP contribution in [-0.4, -0.2) is 30.7 Å². The van der Waals surface area contributed by atoms with E-state index in [1.165, 1.54) is 29.7 Å². The summed E-state index contributed by atoms with van der Waals surface area (Å²) in [5, 5.41) is 12.9. The number of aryl methyl sites for hydroxylation is 1. The SMILES string of the molecule is Cc1c(C#N)ncc2c1[nH]n2SNCc1ncc(C(=O)OC(C)(C)C)s1. The minimum Gasteiger partial charge on any atom is -0.456 e. The lowest BCUT2D eigenvalue weighted by Gasteiger charge is -2.18. The van der Waals surface area contributed by atoms with Crippen molar-refractivity contribution in [3.05, 3.63) is 33.5 Å². The van der Waals surface area contributed by atoms with E-state index in [0.717, 1.165) is 21.6 Å². The predicted molar refractivity (Wildman–Crippen MR) is 101 cm³/mol. The van der Waals surface area contributed by atoms with Gasteiger partial charge in [0.05, 0.1) is 36.6 Å². The third-order valence-corrected chi connectivity index (χ3v) is 5.09. The van der Waals surface area contributed by atoms with Crippen molar-refractivity contribution in [3.8, 4) is 6.07 Å². The molecule has 0 spiro atoms. The van der Waals surface area contributed by atoms with Gasteiger partial charge in [0.15, 0.2) is 0 Å². The van der Waals surface area contributed by atoms with Gasteiger partial charge in [-0.2, -0.15) is 5.26 Å². The molecule has 3 heterocycles. The zero-order valence-electron chi connectivity index (χ0n) is 14.8. The average Bonchev–Trinajstić information content (AvgIpc) is 3.00. The predicted octanol–water partition coefficient (Wildman–Crippen LogP) is 3.16. The first-order valence-electron chi connectivity index (χ1n) is 7.83. The van der Waals surface area contributed by atoms with Gasteiger partial charge in [-0.1, -0.05) is 0 Å². The van der Waals surface area contributed by atoms with E-state index in [1.54, 1.807) is 6.20 Å². The van der Waals surface area contributed by atoms with Gasteiger partial charge in [-0.25, -0.2) is 23.6 Å². The second kappa shape index (κ2) is 7.11. The number of rotatable bonds is 5. The van der Waals surface area contributed by atoms with Crippen LogP contribution in [0, 0.1) is 18.3 Å². The maximum Gasteiger partial charge on any atom is 0.350 e. The zero-order chi connectivity index (χ0) is 18.9. The van der Waals surface area contributed by atoms with Crippen LogP contribution in [0.15, 0.2) is 12.4 Å². The standard InChI is InChI=1S/C16H18N6O2S2/c1-9-10(5-17)18-6-11-14(9)21-22(11)26-20-8-13-19-7-12(25-13)15(23)24-16(2,3)4/h6-7,20-21H,8H2,1-4H3. The van der Waals surface area contributed by atoms with E-state index in [2.05, 4.69) is 25.9 Å². The summed E-state index contributed by atoms with van der Waals surface area (Å²) >= 11 is 2.65. The number of hydrogen-bond acceptors (Lipinski definition) is 8. The fraction of sp³-hybridized carbons (Fsp3) is 0.375. The Hall–Kier alpha value is -2.35. The van der Waals surface area contributed by atoms with Gasteiger partial charge in [0.1, 0.15) is 32.8 Å². The molecule has 0 atom stereocenters. The molecular weight excluding hydrogens is 372 g/mol. The van der Waals surface area contributed by atoms with E-state index in [-0.39, 0.29) is 5.97 Å². The molecular formula is C16H18N6O2S2. The highest BCUT2D eigenvalue weighted by Crippen LogP contribution is 2.23. The number of fused-ring (bicyclic) bond motifs is 1. The monoisotopic (exact) mass is 390 g/mol. The molecule has 0 saturated heterocycles. The Kier molecular flexibility index (Phi) is 5.04. The van der Waals surface area contributed by atoms with Crippen molar-refractivity contribution >= 4 is 40.5 Å². The molecule has 0 aliphatic carbocycles. The van der Waals surface area contributed by atoms with Crippen molar-refractivity contribution in [2.24, 2.45) is 0 Å². The molecule has 136 valence electrons. The van der Waals surface area contributed by atoms with Crippen molar-refractivity contribution in [1.82, 2.24) is 23.9 Å². The van der Waals surface area contributed by atoms with Gasteiger partial charge in [0.2, 0.25) is 0 Å². The fourth-order valence-corrected chi connectivity index (χ4v) is 3.69. The highest BCUT2D eigenvalue weighted by molar-refractivity contribution is 7.96. The Balaban J connectivity index is 1.57. The van der Waals surface area contributed by atoms with Crippen LogP contribution in [0.3, 0.4) is 0 Å². The lowest BCUT2D eigenvalue weighted by molar-refractivity contribution is 0.00749. The van der Waals surface area contributed by atoms with Crippen molar-refractivity contribution < 1.29 is 9.53 Å². The first-order valence-corrected chi connectivity index (χ1v) is 9.42. The summed E-state index contributed by atoms with van der Waals surface area (Å²) in [5.74, 6) is -0.359. The summed E-state index contributed by atoms with van der Waals surface area (Å²) in [6, 6.07) is 2.07. The number of nitrogens with one attached hydrogen (secondary N) is 2. The second-order valence-corrected chi connectivity index (χ2v) is 8.49. The Morgan fingerprint density at radius 2 is 2.23 bits per heavy atom. The van der Waals surface area contributed by atoms with Gasteiger partial charge in [-0.05, 0) is 27.7 Å². The van der Waals surface area contributed by atoms with Crippen LogP contribution in [0.2, 0.25) is 0 Å². The summed E-state index contributed by atoms with van der Waals surface area (Å²) in [6.45, 7) is 7.85. The number of H-pyrrole nitrogens is 1. The molecule has 26 heavy (non-hydrogen) atoms. The molecule has 0 fully saturated rings. The molecule has 3 rings (SSSR count). The Labute approximate surface area is 158 Å². The van der Waals surface area contributed by atoms with Crippen molar-refractivity contribution in [2.45, 2.75) is 39.8 Å². The minimum atomic E-state index is -0.524. The van der Waals surface area contributed by atoms with Crippen LogP contribution < -0.4 is 4.72 Å². The fourth-order valence-electron chi connectivity index (χ4n) is 2.16. The molecule has 3 aromatic rings. The maximum atomic E-state index is 12.0. The van der Waals surface area contributed by atoms with Crippen LogP contribution >= 0.6 is 23.5 Å².